The Labute approximate surface area is 272 Å². The van der Waals surface area contributed by atoms with Gasteiger partial charge < -0.3 is 21.1 Å². The highest BCUT2D eigenvalue weighted by atomic mass is 35.5. The number of carboxylic acids is 1. The maximum absolute atomic E-state index is 13.3. The van der Waals surface area contributed by atoms with Gasteiger partial charge in [0.1, 0.15) is 5.70 Å². The fourth-order valence-electron chi connectivity index (χ4n) is 3.81. The number of carboxylic acid groups (broad SMARTS) is 1. The first kappa shape index (κ1) is 32.6. The minimum absolute atomic E-state index is 0.0555. The number of benzene rings is 4. The number of thioether (sulfide) groups is 1. The summed E-state index contributed by atoms with van der Waals surface area (Å²) >= 11 is 19.6. The van der Waals surface area contributed by atoms with Crippen molar-refractivity contribution in [2.75, 3.05) is 10.6 Å². The van der Waals surface area contributed by atoms with Gasteiger partial charge in [0.2, 0.25) is 5.91 Å². The topological polar surface area (TPSA) is 125 Å². The highest BCUT2D eigenvalue weighted by Crippen LogP contribution is 2.29. The van der Waals surface area contributed by atoms with Gasteiger partial charge in [-0.05, 0) is 79.2 Å². The van der Waals surface area contributed by atoms with Crippen LogP contribution in [0.4, 0.5) is 11.4 Å². The van der Waals surface area contributed by atoms with E-state index >= 15 is 0 Å². The first-order valence-electron chi connectivity index (χ1n) is 13.0. The van der Waals surface area contributed by atoms with Gasteiger partial charge in [-0.15, -0.1) is 11.8 Å². The maximum Gasteiger partial charge on any atom is 0.337 e. The Bertz CT molecular complexity index is 1750. The number of amides is 3. The summed E-state index contributed by atoms with van der Waals surface area (Å²) in [4.78, 5) is 51.0. The van der Waals surface area contributed by atoms with E-state index in [1.807, 2.05) is 0 Å². The smallest absolute Gasteiger partial charge is 0.337 e. The maximum atomic E-state index is 13.3. The van der Waals surface area contributed by atoms with Gasteiger partial charge in [-0.2, -0.15) is 0 Å². The Balaban J connectivity index is 1.45. The van der Waals surface area contributed by atoms with Crippen LogP contribution in [0.1, 0.15) is 33.2 Å². The van der Waals surface area contributed by atoms with Crippen molar-refractivity contribution in [1.82, 2.24) is 5.32 Å². The summed E-state index contributed by atoms with van der Waals surface area (Å²) in [5, 5.41) is 17.4. The summed E-state index contributed by atoms with van der Waals surface area (Å²) in [6.45, 7) is 1.71. The van der Waals surface area contributed by atoms with Crippen molar-refractivity contribution in [3.8, 4) is 0 Å². The lowest BCUT2D eigenvalue weighted by molar-refractivity contribution is -0.115. The van der Waals surface area contributed by atoms with E-state index in [4.69, 9.17) is 34.8 Å². The summed E-state index contributed by atoms with van der Waals surface area (Å²) in [6.07, 6.45) is 1.44. The molecule has 1 atom stereocenters. The molecule has 0 aliphatic rings. The lowest BCUT2D eigenvalue weighted by atomic mass is 10.1. The minimum Gasteiger partial charge on any atom is -0.478 e. The second kappa shape index (κ2) is 14.9. The van der Waals surface area contributed by atoms with Crippen LogP contribution in [0.25, 0.3) is 6.08 Å². The summed E-state index contributed by atoms with van der Waals surface area (Å²) in [5.41, 5.74) is 1.38. The number of carbonyl (C=O) groups is 4. The van der Waals surface area contributed by atoms with Crippen LogP contribution in [-0.4, -0.2) is 34.0 Å². The van der Waals surface area contributed by atoms with E-state index in [0.29, 0.717) is 27.5 Å². The van der Waals surface area contributed by atoms with Crippen molar-refractivity contribution >= 4 is 87.7 Å². The molecule has 0 aliphatic carbocycles. The molecule has 0 fully saturated rings. The summed E-state index contributed by atoms with van der Waals surface area (Å²) in [7, 11) is 0. The Morgan fingerprint density at radius 2 is 1.48 bits per heavy atom. The number of carbonyl (C=O) groups excluding carboxylic acids is 3. The normalized spacial score (nSPS) is 11.8. The molecule has 224 valence electrons. The fraction of sp³-hybridized carbons (Fsp3) is 0.0625. The molecule has 12 heteroatoms. The molecule has 0 spiro atoms. The first-order valence-corrected chi connectivity index (χ1v) is 15.0. The molecular formula is C32H24Cl3N3O5S. The predicted octanol–water partition coefficient (Wildman–Crippen LogP) is 7.87. The lowest BCUT2D eigenvalue weighted by Crippen LogP contribution is -2.30. The average molecular weight is 669 g/mol. The molecular weight excluding hydrogens is 645 g/mol. The van der Waals surface area contributed by atoms with Gasteiger partial charge in [-0.25, -0.2) is 4.79 Å². The quantitative estimate of drug-likeness (QED) is 0.101. The Hall–Kier alpha value is -4.28. The molecule has 0 aromatic heterocycles. The van der Waals surface area contributed by atoms with E-state index in [9.17, 15) is 24.3 Å². The molecule has 3 amide bonds. The van der Waals surface area contributed by atoms with Crippen LogP contribution in [0.2, 0.25) is 15.1 Å². The number of hydrogen-bond donors (Lipinski definition) is 4. The first-order chi connectivity index (χ1) is 21.0. The van der Waals surface area contributed by atoms with Crippen molar-refractivity contribution in [3.63, 3.8) is 0 Å². The monoisotopic (exact) mass is 667 g/mol. The molecule has 4 rings (SSSR count). The van der Waals surface area contributed by atoms with Gasteiger partial charge in [0.25, 0.3) is 11.8 Å². The van der Waals surface area contributed by atoms with Gasteiger partial charge >= 0.3 is 5.97 Å². The van der Waals surface area contributed by atoms with E-state index in [-0.39, 0.29) is 27.2 Å². The number of aromatic carboxylic acids is 1. The summed E-state index contributed by atoms with van der Waals surface area (Å²) < 4.78 is 0. The number of nitrogens with one attached hydrogen (secondary N) is 3. The van der Waals surface area contributed by atoms with Crippen LogP contribution in [0.15, 0.2) is 102 Å². The average Bonchev–Trinajstić information content (AvgIpc) is 3.01. The molecule has 0 saturated heterocycles. The van der Waals surface area contributed by atoms with Crippen LogP contribution in [0, 0.1) is 0 Å². The second-order valence-electron chi connectivity index (χ2n) is 9.25. The van der Waals surface area contributed by atoms with Crippen LogP contribution >= 0.6 is 46.6 Å². The van der Waals surface area contributed by atoms with E-state index in [2.05, 4.69) is 16.0 Å². The third-order valence-electron chi connectivity index (χ3n) is 6.07. The highest BCUT2D eigenvalue weighted by Gasteiger charge is 2.18. The van der Waals surface area contributed by atoms with Crippen molar-refractivity contribution in [3.05, 3.63) is 128 Å². The van der Waals surface area contributed by atoms with Gasteiger partial charge in [-0.3, -0.25) is 14.4 Å². The fourth-order valence-corrected chi connectivity index (χ4v) is 5.24. The van der Waals surface area contributed by atoms with Crippen molar-refractivity contribution in [2.45, 2.75) is 17.1 Å². The van der Waals surface area contributed by atoms with E-state index < -0.39 is 23.0 Å². The van der Waals surface area contributed by atoms with Crippen molar-refractivity contribution in [1.29, 1.82) is 0 Å². The van der Waals surface area contributed by atoms with Gasteiger partial charge in [0, 0.05) is 21.8 Å². The Kier molecular flexibility index (Phi) is 11.1. The zero-order chi connectivity index (χ0) is 31.8. The SMILES string of the molecule is CC(Sc1ccc(NC(=O)/C(=C/c2cccc(Cl)c2Cl)NC(=O)c2ccccc2)cc1)C(=O)Nc1ccc(Cl)c(C(=O)O)c1. The number of halogens is 3. The highest BCUT2D eigenvalue weighted by molar-refractivity contribution is 8.00. The zero-order valence-electron chi connectivity index (χ0n) is 22.9. The summed E-state index contributed by atoms with van der Waals surface area (Å²) in [6, 6.07) is 24.4. The van der Waals surface area contributed by atoms with Crippen molar-refractivity contribution < 1.29 is 24.3 Å². The number of hydrogen-bond acceptors (Lipinski definition) is 5. The standard InChI is InChI=1S/C32H24Cl3N3O5S/c1-18(29(39)37-22-12-15-25(33)24(17-22)32(42)43)44-23-13-10-21(11-14-23)36-31(41)27(16-20-8-5-9-26(34)28(20)35)38-30(40)19-6-3-2-4-7-19/h2-18H,1H3,(H,36,41)(H,37,39)(H,38,40)(H,42,43)/b27-16-. The van der Waals surface area contributed by atoms with E-state index in [1.54, 1.807) is 79.7 Å². The molecule has 0 heterocycles. The summed E-state index contributed by atoms with van der Waals surface area (Å²) in [5.74, 6) is -2.62. The second-order valence-corrected chi connectivity index (χ2v) is 11.9. The molecule has 0 aliphatic heterocycles. The van der Waals surface area contributed by atoms with E-state index in [0.717, 1.165) is 4.90 Å². The molecule has 8 nitrogen and oxygen atoms in total. The van der Waals surface area contributed by atoms with Crippen molar-refractivity contribution in [2.24, 2.45) is 0 Å². The molecule has 0 saturated carbocycles. The van der Waals surface area contributed by atoms with Gasteiger partial charge in [0.05, 0.1) is 25.9 Å². The lowest BCUT2D eigenvalue weighted by Gasteiger charge is -2.14. The largest absolute Gasteiger partial charge is 0.478 e. The van der Waals surface area contributed by atoms with Crippen LogP contribution in [-0.2, 0) is 9.59 Å². The molecule has 1 unspecified atom stereocenters. The third-order valence-corrected chi connectivity index (χ3v) is 8.34. The molecule has 4 aromatic rings. The molecule has 4 N–H and O–H groups in total. The van der Waals surface area contributed by atoms with Gasteiger partial charge in [-0.1, -0.05) is 65.1 Å². The van der Waals surface area contributed by atoms with Crippen LogP contribution in [0.3, 0.4) is 0 Å². The Morgan fingerprint density at radius 1 is 0.795 bits per heavy atom. The minimum atomic E-state index is -1.20. The Morgan fingerprint density at radius 3 is 2.16 bits per heavy atom. The van der Waals surface area contributed by atoms with Crippen LogP contribution in [0.5, 0.6) is 0 Å². The number of rotatable bonds is 10. The number of anilines is 2. The molecule has 0 bridgehead atoms. The molecule has 44 heavy (non-hydrogen) atoms. The third kappa shape index (κ3) is 8.64. The van der Waals surface area contributed by atoms with E-state index in [1.165, 1.54) is 36.0 Å². The zero-order valence-corrected chi connectivity index (χ0v) is 26.0. The predicted molar refractivity (Wildman–Crippen MR) is 176 cm³/mol. The molecule has 0 radical (unpaired) electrons. The molecule has 4 aromatic carbocycles. The van der Waals surface area contributed by atoms with Gasteiger partial charge in [0.15, 0.2) is 0 Å². The van der Waals surface area contributed by atoms with Crippen LogP contribution < -0.4 is 16.0 Å².